The molecule has 0 heterocycles. The number of hydrogen-bond acceptors (Lipinski definition) is 4. The average molecular weight is 421 g/mol. The first-order valence-electron chi connectivity index (χ1n) is 9.80. The molecule has 0 radical (unpaired) electrons. The molecule has 0 aliphatic heterocycles. The van der Waals surface area contributed by atoms with E-state index in [0.717, 1.165) is 37.9 Å². The van der Waals surface area contributed by atoms with Gasteiger partial charge in [0.1, 0.15) is 6.10 Å². The van der Waals surface area contributed by atoms with E-state index in [1.807, 2.05) is 0 Å². The number of thioether (sulfide) groups is 1. The smallest absolute Gasteiger partial charge is 0.313 e. The van der Waals surface area contributed by atoms with Crippen LogP contribution in [0.3, 0.4) is 0 Å². The van der Waals surface area contributed by atoms with Gasteiger partial charge in [-0.2, -0.15) is 11.8 Å². The van der Waals surface area contributed by atoms with Crippen molar-refractivity contribution in [1.82, 2.24) is 0 Å². The van der Waals surface area contributed by atoms with Gasteiger partial charge in [0.25, 0.3) is 0 Å². The summed E-state index contributed by atoms with van der Waals surface area (Å²) in [4.78, 5) is 10.5. The van der Waals surface area contributed by atoms with Crippen molar-refractivity contribution >= 4 is 29.3 Å². The average Bonchev–Trinajstić information content (AvgIpc) is 2.89. The standard InChI is InChI=1S/C20H31ClO4S.H2O/c21-17-12-19(23)16(9-10-18(22)14-6-2-1-3-7-14)15(17)8-4-5-11-26-13-20(24)25;/h14-19,22-23H,1-8,11-13H2,(H,24,25);1H2/t15-,16-,17+,18-,19-;/m1./s1. The summed E-state index contributed by atoms with van der Waals surface area (Å²) >= 11 is 7.87. The molecule has 0 bridgehead atoms. The molecule has 2 rings (SSSR count). The van der Waals surface area contributed by atoms with Crippen LogP contribution in [-0.4, -0.2) is 55.9 Å². The fourth-order valence-electron chi connectivity index (χ4n) is 4.12. The lowest BCUT2D eigenvalue weighted by atomic mass is 9.84. The molecular formula is C20H33ClO5S. The van der Waals surface area contributed by atoms with Gasteiger partial charge in [-0.05, 0) is 49.7 Å². The number of alkyl halides is 1. The lowest BCUT2D eigenvalue weighted by Crippen LogP contribution is -2.23. The first-order valence-corrected chi connectivity index (χ1v) is 11.4. The molecule has 7 heteroatoms. The van der Waals surface area contributed by atoms with E-state index in [1.165, 1.54) is 31.0 Å². The fraction of sp³-hybridized carbons (Fsp3) is 0.850. The SMILES string of the molecule is O.O=C(O)CSCCCC[C@@H]1[C@@H](C#C[C@@H](O)C2CCCCC2)[C@H](O)C[C@@H]1Cl. The summed E-state index contributed by atoms with van der Waals surface area (Å²) in [6, 6.07) is 0. The molecule has 0 spiro atoms. The van der Waals surface area contributed by atoms with E-state index in [1.54, 1.807) is 0 Å². The summed E-state index contributed by atoms with van der Waals surface area (Å²) in [5.41, 5.74) is 0. The van der Waals surface area contributed by atoms with E-state index in [2.05, 4.69) is 11.8 Å². The normalized spacial score (nSPS) is 29.4. The number of hydrogen-bond donors (Lipinski definition) is 3. The summed E-state index contributed by atoms with van der Waals surface area (Å²) in [6.45, 7) is 0. The highest BCUT2D eigenvalue weighted by Crippen LogP contribution is 2.39. The molecule has 156 valence electrons. The molecule has 5 N–H and O–H groups in total. The van der Waals surface area contributed by atoms with Gasteiger partial charge in [-0.15, -0.1) is 11.6 Å². The maximum atomic E-state index is 10.5. The summed E-state index contributed by atoms with van der Waals surface area (Å²) in [5, 5.41) is 29.2. The molecule has 0 amide bonds. The molecular weight excluding hydrogens is 388 g/mol. The number of aliphatic hydroxyl groups excluding tert-OH is 2. The van der Waals surface area contributed by atoms with Crippen molar-refractivity contribution in [1.29, 1.82) is 0 Å². The molecule has 27 heavy (non-hydrogen) atoms. The Kier molecular flexibility index (Phi) is 11.7. The van der Waals surface area contributed by atoms with Crippen LogP contribution < -0.4 is 0 Å². The van der Waals surface area contributed by atoms with Crippen molar-refractivity contribution in [3.05, 3.63) is 0 Å². The number of carboxylic acids is 1. The maximum absolute atomic E-state index is 10.5. The van der Waals surface area contributed by atoms with Crippen molar-refractivity contribution in [2.75, 3.05) is 11.5 Å². The maximum Gasteiger partial charge on any atom is 0.313 e. The lowest BCUT2D eigenvalue weighted by Gasteiger charge is -2.24. The van der Waals surface area contributed by atoms with Crippen molar-refractivity contribution < 1.29 is 25.6 Å². The summed E-state index contributed by atoms with van der Waals surface area (Å²) in [5.74, 6) is 6.62. The first kappa shape index (κ1) is 24.6. The van der Waals surface area contributed by atoms with Crippen LogP contribution in [0.1, 0.15) is 57.8 Å². The van der Waals surface area contributed by atoms with E-state index in [0.29, 0.717) is 6.42 Å². The van der Waals surface area contributed by atoms with Crippen LogP contribution in [0.2, 0.25) is 0 Å². The van der Waals surface area contributed by atoms with Gasteiger partial charge in [-0.3, -0.25) is 4.79 Å². The molecule has 2 fully saturated rings. The number of carbonyl (C=O) groups is 1. The highest BCUT2D eigenvalue weighted by atomic mass is 35.5. The van der Waals surface area contributed by atoms with Crippen LogP contribution in [0.25, 0.3) is 0 Å². The number of aliphatic carboxylic acids is 1. The molecule has 0 aromatic carbocycles. The quantitative estimate of drug-likeness (QED) is 0.317. The van der Waals surface area contributed by atoms with Gasteiger partial charge >= 0.3 is 5.97 Å². The Morgan fingerprint density at radius 1 is 1.22 bits per heavy atom. The van der Waals surface area contributed by atoms with Gasteiger partial charge in [0.05, 0.1) is 17.8 Å². The van der Waals surface area contributed by atoms with Gasteiger partial charge in [0.15, 0.2) is 0 Å². The van der Waals surface area contributed by atoms with Crippen LogP contribution in [0.15, 0.2) is 0 Å². The Morgan fingerprint density at radius 2 is 1.93 bits per heavy atom. The summed E-state index contributed by atoms with van der Waals surface area (Å²) in [6.07, 6.45) is 7.89. The molecule has 0 unspecified atom stereocenters. The number of rotatable bonds is 8. The second kappa shape index (κ2) is 12.9. The Labute approximate surface area is 171 Å². The van der Waals surface area contributed by atoms with E-state index in [9.17, 15) is 15.0 Å². The van der Waals surface area contributed by atoms with Crippen molar-refractivity contribution in [3.63, 3.8) is 0 Å². The highest BCUT2D eigenvalue weighted by Gasteiger charge is 2.40. The van der Waals surface area contributed by atoms with E-state index in [4.69, 9.17) is 16.7 Å². The van der Waals surface area contributed by atoms with Crippen LogP contribution in [-0.2, 0) is 4.79 Å². The van der Waals surface area contributed by atoms with Crippen LogP contribution in [0.5, 0.6) is 0 Å². The molecule has 0 aromatic heterocycles. The molecule has 5 atom stereocenters. The van der Waals surface area contributed by atoms with Crippen molar-refractivity contribution in [2.45, 2.75) is 75.4 Å². The molecule has 2 saturated carbocycles. The zero-order valence-electron chi connectivity index (χ0n) is 15.8. The number of aliphatic hydroxyl groups is 2. The highest BCUT2D eigenvalue weighted by molar-refractivity contribution is 7.99. The Hall–Kier alpha value is -0.450. The minimum Gasteiger partial charge on any atom is -0.481 e. The van der Waals surface area contributed by atoms with Crippen molar-refractivity contribution in [2.24, 2.45) is 17.8 Å². The molecule has 0 aromatic rings. The topological polar surface area (TPSA) is 109 Å². The van der Waals surface area contributed by atoms with Gasteiger partial charge in [-0.25, -0.2) is 0 Å². The first-order chi connectivity index (χ1) is 12.5. The van der Waals surface area contributed by atoms with Crippen LogP contribution in [0.4, 0.5) is 0 Å². The van der Waals surface area contributed by atoms with Gasteiger partial charge in [0, 0.05) is 5.38 Å². The number of carboxylic acid groups (broad SMARTS) is 1. The predicted octanol–water partition coefficient (Wildman–Crippen LogP) is 2.70. The summed E-state index contributed by atoms with van der Waals surface area (Å²) < 4.78 is 0. The van der Waals surface area contributed by atoms with Gasteiger partial charge in [0.2, 0.25) is 0 Å². The fourth-order valence-corrected chi connectivity index (χ4v) is 5.31. The monoisotopic (exact) mass is 420 g/mol. The Balaban J connectivity index is 0.00000364. The summed E-state index contributed by atoms with van der Waals surface area (Å²) in [7, 11) is 0. The third-order valence-corrected chi connectivity index (χ3v) is 7.13. The van der Waals surface area contributed by atoms with Gasteiger partial charge < -0.3 is 20.8 Å². The van der Waals surface area contributed by atoms with E-state index < -0.39 is 18.2 Å². The van der Waals surface area contributed by atoms with E-state index >= 15 is 0 Å². The zero-order valence-corrected chi connectivity index (χ0v) is 17.4. The zero-order chi connectivity index (χ0) is 18.9. The number of halogens is 1. The second-order valence-electron chi connectivity index (χ2n) is 7.58. The predicted molar refractivity (Wildman–Crippen MR) is 110 cm³/mol. The molecule has 2 aliphatic rings. The third-order valence-electron chi connectivity index (χ3n) is 5.60. The second-order valence-corrected chi connectivity index (χ2v) is 9.25. The molecule has 5 nitrogen and oxygen atoms in total. The molecule has 2 aliphatic carbocycles. The lowest BCUT2D eigenvalue weighted by molar-refractivity contribution is -0.133. The Morgan fingerprint density at radius 3 is 2.59 bits per heavy atom. The molecule has 0 saturated heterocycles. The minimum absolute atomic E-state index is 0. The number of unbranched alkanes of at least 4 members (excludes halogenated alkanes) is 1. The van der Waals surface area contributed by atoms with Crippen molar-refractivity contribution in [3.8, 4) is 11.8 Å². The third kappa shape index (κ3) is 8.21. The van der Waals surface area contributed by atoms with Gasteiger partial charge in [-0.1, -0.05) is 37.5 Å². The van der Waals surface area contributed by atoms with Crippen LogP contribution >= 0.6 is 23.4 Å². The van der Waals surface area contributed by atoms with E-state index in [-0.39, 0.29) is 34.4 Å². The Bertz CT molecular complexity index is 500. The minimum atomic E-state index is -0.776. The van der Waals surface area contributed by atoms with Crippen LogP contribution in [0, 0.1) is 29.6 Å². The largest absolute Gasteiger partial charge is 0.481 e.